The number of hydrogen-bond donors (Lipinski definition) is 3. The molecule has 0 saturated carbocycles. The molecule has 0 aliphatic heterocycles. The molecule has 0 unspecified atom stereocenters. The van der Waals surface area contributed by atoms with Crippen LogP contribution >= 0.6 is 23.2 Å². The first-order valence-electron chi connectivity index (χ1n) is 4.31. The second-order valence-corrected chi connectivity index (χ2v) is 3.77. The average molecular weight is 279 g/mol. The maximum atomic E-state index is 11.5. The molecule has 0 saturated heterocycles. The van der Waals surface area contributed by atoms with Gasteiger partial charge in [-0.3, -0.25) is 4.79 Å². The number of aliphatic hydroxyl groups is 1. The standard InChI is InChI=1S/C9H8Cl2N2O4/c10-4-1-5(8(12)6(11)2-4)9(16)17-13-7(15)3-14/h1-2,14H,3,12H2,(H,13,15). The minimum Gasteiger partial charge on any atom is -0.397 e. The Labute approximate surface area is 106 Å². The van der Waals surface area contributed by atoms with Gasteiger partial charge in [-0.15, -0.1) is 0 Å². The van der Waals surface area contributed by atoms with Crippen LogP contribution in [0.2, 0.25) is 10.0 Å². The van der Waals surface area contributed by atoms with Gasteiger partial charge in [0, 0.05) is 5.02 Å². The molecule has 1 rings (SSSR count). The van der Waals surface area contributed by atoms with Crippen LogP contribution in [0.25, 0.3) is 0 Å². The Morgan fingerprint density at radius 1 is 1.41 bits per heavy atom. The van der Waals surface area contributed by atoms with E-state index in [0.717, 1.165) is 0 Å². The molecule has 0 aliphatic rings. The summed E-state index contributed by atoms with van der Waals surface area (Å²) in [7, 11) is 0. The SMILES string of the molecule is Nc1c(Cl)cc(Cl)cc1C(=O)ONC(=O)CO. The molecular weight excluding hydrogens is 271 g/mol. The van der Waals surface area contributed by atoms with E-state index in [0.29, 0.717) is 0 Å². The lowest BCUT2D eigenvalue weighted by Crippen LogP contribution is -2.29. The summed E-state index contributed by atoms with van der Waals surface area (Å²) in [5.74, 6) is -1.81. The molecule has 0 atom stereocenters. The topological polar surface area (TPSA) is 102 Å². The van der Waals surface area contributed by atoms with E-state index in [9.17, 15) is 9.59 Å². The first-order valence-corrected chi connectivity index (χ1v) is 5.06. The van der Waals surface area contributed by atoms with Crippen LogP contribution in [0.15, 0.2) is 12.1 Å². The predicted molar refractivity (Wildman–Crippen MR) is 61.5 cm³/mol. The number of anilines is 1. The fraction of sp³-hybridized carbons (Fsp3) is 0.111. The fourth-order valence-corrected chi connectivity index (χ4v) is 1.44. The van der Waals surface area contributed by atoms with Gasteiger partial charge in [-0.1, -0.05) is 23.2 Å². The third-order valence-corrected chi connectivity index (χ3v) is 2.25. The molecule has 0 radical (unpaired) electrons. The summed E-state index contributed by atoms with van der Waals surface area (Å²) in [5.41, 5.74) is 7.16. The summed E-state index contributed by atoms with van der Waals surface area (Å²) in [6, 6.07) is 2.61. The van der Waals surface area contributed by atoms with Crippen molar-refractivity contribution in [2.75, 3.05) is 12.3 Å². The van der Waals surface area contributed by atoms with Crippen LogP contribution in [0.5, 0.6) is 0 Å². The molecule has 0 aliphatic carbocycles. The van der Waals surface area contributed by atoms with E-state index in [-0.39, 0.29) is 21.3 Å². The van der Waals surface area contributed by atoms with Crippen LogP contribution in [0.4, 0.5) is 5.69 Å². The molecule has 8 heteroatoms. The minimum atomic E-state index is -0.936. The maximum absolute atomic E-state index is 11.5. The molecular formula is C9H8Cl2N2O4. The number of hydrogen-bond acceptors (Lipinski definition) is 5. The van der Waals surface area contributed by atoms with Crippen LogP contribution in [0.1, 0.15) is 10.4 Å². The second-order valence-electron chi connectivity index (χ2n) is 2.92. The predicted octanol–water partition coefficient (Wildman–Crippen LogP) is 0.756. The van der Waals surface area contributed by atoms with Crippen LogP contribution in [-0.2, 0) is 9.63 Å². The molecule has 0 fully saturated rings. The van der Waals surface area contributed by atoms with Crippen molar-refractivity contribution >= 4 is 40.8 Å². The first-order chi connectivity index (χ1) is 7.95. The number of nitrogen functional groups attached to an aromatic ring is 1. The summed E-state index contributed by atoms with van der Waals surface area (Å²) in [4.78, 5) is 26.5. The summed E-state index contributed by atoms with van der Waals surface area (Å²) in [5, 5.41) is 8.68. The molecule has 1 aromatic carbocycles. The van der Waals surface area contributed by atoms with Crippen LogP contribution in [0, 0.1) is 0 Å². The van der Waals surface area contributed by atoms with Gasteiger partial charge in [-0.2, -0.15) is 5.48 Å². The zero-order chi connectivity index (χ0) is 13.0. The lowest BCUT2D eigenvalue weighted by atomic mass is 10.2. The van der Waals surface area contributed by atoms with Crippen molar-refractivity contribution in [1.82, 2.24) is 5.48 Å². The number of aliphatic hydroxyl groups excluding tert-OH is 1. The Morgan fingerprint density at radius 3 is 2.65 bits per heavy atom. The van der Waals surface area contributed by atoms with E-state index < -0.39 is 18.5 Å². The maximum Gasteiger partial charge on any atom is 0.365 e. The van der Waals surface area contributed by atoms with Gasteiger partial charge < -0.3 is 15.7 Å². The number of halogens is 2. The summed E-state index contributed by atoms with van der Waals surface area (Å²) >= 11 is 11.4. The van der Waals surface area contributed by atoms with Crippen LogP contribution in [-0.4, -0.2) is 23.6 Å². The van der Waals surface area contributed by atoms with Crippen molar-refractivity contribution in [3.05, 3.63) is 27.7 Å². The van der Waals surface area contributed by atoms with Gasteiger partial charge in [-0.25, -0.2) is 4.79 Å². The van der Waals surface area contributed by atoms with Gasteiger partial charge in [-0.05, 0) is 12.1 Å². The third-order valence-electron chi connectivity index (χ3n) is 1.72. The quantitative estimate of drug-likeness (QED) is 0.548. The molecule has 0 heterocycles. The number of carbonyl (C=O) groups is 2. The van der Waals surface area contributed by atoms with Gasteiger partial charge in [0.15, 0.2) is 0 Å². The highest BCUT2D eigenvalue weighted by molar-refractivity contribution is 6.37. The number of rotatable bonds is 2. The van der Waals surface area contributed by atoms with Gasteiger partial charge in [0.2, 0.25) is 0 Å². The molecule has 1 aromatic rings. The molecule has 6 nitrogen and oxygen atoms in total. The van der Waals surface area contributed by atoms with Crippen LogP contribution < -0.4 is 11.2 Å². The molecule has 4 N–H and O–H groups in total. The van der Waals surface area contributed by atoms with E-state index in [4.69, 9.17) is 34.0 Å². The lowest BCUT2D eigenvalue weighted by molar-refractivity contribution is -0.132. The number of benzene rings is 1. The van der Waals surface area contributed by atoms with Crippen molar-refractivity contribution in [3.8, 4) is 0 Å². The second kappa shape index (κ2) is 5.72. The smallest absolute Gasteiger partial charge is 0.365 e. The van der Waals surface area contributed by atoms with E-state index in [1.54, 1.807) is 5.48 Å². The highest BCUT2D eigenvalue weighted by atomic mass is 35.5. The molecule has 1 amide bonds. The Bertz CT molecular complexity index is 465. The molecule has 0 aromatic heterocycles. The monoisotopic (exact) mass is 278 g/mol. The highest BCUT2D eigenvalue weighted by Gasteiger charge is 2.16. The molecule has 92 valence electrons. The molecule has 0 bridgehead atoms. The van der Waals surface area contributed by atoms with E-state index >= 15 is 0 Å². The fourth-order valence-electron chi connectivity index (χ4n) is 0.944. The van der Waals surface area contributed by atoms with E-state index in [1.165, 1.54) is 12.1 Å². The average Bonchev–Trinajstić information content (AvgIpc) is 2.30. The van der Waals surface area contributed by atoms with Crippen LogP contribution in [0.3, 0.4) is 0 Å². The Hall–Kier alpha value is -1.50. The van der Waals surface area contributed by atoms with E-state index in [2.05, 4.69) is 4.84 Å². The number of hydroxylamine groups is 1. The van der Waals surface area contributed by atoms with Crippen molar-refractivity contribution in [2.24, 2.45) is 0 Å². The first kappa shape index (κ1) is 13.6. The van der Waals surface area contributed by atoms with Crippen molar-refractivity contribution in [2.45, 2.75) is 0 Å². The Kier molecular flexibility index (Phi) is 4.56. The van der Waals surface area contributed by atoms with Gasteiger partial charge >= 0.3 is 5.97 Å². The number of carbonyl (C=O) groups excluding carboxylic acids is 2. The van der Waals surface area contributed by atoms with E-state index in [1.807, 2.05) is 0 Å². The zero-order valence-corrected chi connectivity index (χ0v) is 9.88. The summed E-state index contributed by atoms with van der Waals surface area (Å²) < 4.78 is 0. The Balaban J connectivity index is 2.86. The number of amides is 1. The third kappa shape index (κ3) is 3.48. The largest absolute Gasteiger partial charge is 0.397 e. The lowest BCUT2D eigenvalue weighted by Gasteiger charge is -2.08. The van der Waals surface area contributed by atoms with Gasteiger partial charge in [0.05, 0.1) is 16.3 Å². The summed E-state index contributed by atoms with van der Waals surface area (Å²) in [6.45, 7) is -0.806. The normalized spacial score (nSPS) is 9.82. The van der Waals surface area contributed by atoms with Crippen molar-refractivity contribution in [3.63, 3.8) is 0 Å². The van der Waals surface area contributed by atoms with Crippen molar-refractivity contribution in [1.29, 1.82) is 0 Å². The van der Waals surface area contributed by atoms with Gasteiger partial charge in [0.25, 0.3) is 5.91 Å². The summed E-state index contributed by atoms with van der Waals surface area (Å²) in [6.07, 6.45) is 0. The van der Waals surface area contributed by atoms with Gasteiger partial charge in [0.1, 0.15) is 6.61 Å². The highest BCUT2D eigenvalue weighted by Crippen LogP contribution is 2.27. The molecule has 0 spiro atoms. The molecule has 17 heavy (non-hydrogen) atoms. The number of nitrogens with two attached hydrogens (primary N) is 1. The minimum absolute atomic E-state index is 0.0145. The Morgan fingerprint density at radius 2 is 2.06 bits per heavy atom. The zero-order valence-electron chi connectivity index (χ0n) is 8.37. The van der Waals surface area contributed by atoms with Crippen molar-refractivity contribution < 1.29 is 19.5 Å². The number of nitrogens with one attached hydrogen (secondary N) is 1.